The van der Waals surface area contributed by atoms with Gasteiger partial charge in [-0.3, -0.25) is 4.79 Å². The van der Waals surface area contributed by atoms with E-state index in [9.17, 15) is 4.79 Å². The monoisotopic (exact) mass is 334 g/mol. The van der Waals surface area contributed by atoms with Gasteiger partial charge in [0.25, 0.3) is 0 Å². The minimum absolute atomic E-state index is 0.0524. The molecule has 0 saturated heterocycles. The third-order valence-electron chi connectivity index (χ3n) is 4.51. The first kappa shape index (κ1) is 16.0. The molecule has 0 unspecified atom stereocenters. The van der Waals surface area contributed by atoms with Crippen LogP contribution in [0.15, 0.2) is 109 Å². The fourth-order valence-corrected chi connectivity index (χ4v) is 3.06. The summed E-state index contributed by atoms with van der Waals surface area (Å²) in [4.78, 5) is 12.5. The van der Waals surface area contributed by atoms with E-state index in [1.165, 1.54) is 11.1 Å². The smallest absolute Gasteiger partial charge is 0.193 e. The first-order chi connectivity index (χ1) is 12.8. The molecular weight excluding hydrogens is 316 g/mol. The van der Waals surface area contributed by atoms with Crippen LogP contribution < -0.4 is 0 Å². The highest BCUT2D eigenvalue weighted by Crippen LogP contribution is 2.25. The highest BCUT2D eigenvalue weighted by Gasteiger charge is 2.08. The van der Waals surface area contributed by atoms with Gasteiger partial charge in [0.1, 0.15) is 0 Å². The fraction of sp³-hybridized carbons (Fsp3) is 0. The number of carbonyl (C=O) groups is 1. The molecule has 0 bridgehead atoms. The number of benzene rings is 4. The molecule has 0 radical (unpaired) electrons. The molecule has 124 valence electrons. The Kier molecular flexibility index (Phi) is 4.44. The van der Waals surface area contributed by atoms with E-state index in [1.54, 1.807) is 0 Å². The number of hydrogen-bond acceptors (Lipinski definition) is 1. The number of ketones is 1. The van der Waals surface area contributed by atoms with Crippen molar-refractivity contribution in [3.8, 4) is 22.3 Å². The standard InChI is InChI=1S/C25H18O/c26-25(23-9-5-2-6-10-23)24-17-15-22(16-18-24)21-13-11-20(12-14-21)19-7-3-1-4-8-19/h1-18H. The molecule has 4 aromatic rings. The van der Waals surface area contributed by atoms with Crippen molar-refractivity contribution >= 4 is 5.78 Å². The summed E-state index contributed by atoms with van der Waals surface area (Å²) in [6.07, 6.45) is 0. The van der Waals surface area contributed by atoms with E-state index in [4.69, 9.17) is 0 Å². The van der Waals surface area contributed by atoms with Crippen molar-refractivity contribution in [2.24, 2.45) is 0 Å². The van der Waals surface area contributed by atoms with Gasteiger partial charge in [-0.05, 0) is 22.3 Å². The molecule has 4 rings (SSSR count). The van der Waals surface area contributed by atoms with E-state index in [2.05, 4.69) is 36.4 Å². The third kappa shape index (κ3) is 3.33. The van der Waals surface area contributed by atoms with Gasteiger partial charge in [0.2, 0.25) is 0 Å². The number of rotatable bonds is 4. The summed E-state index contributed by atoms with van der Waals surface area (Å²) in [5.74, 6) is 0.0524. The van der Waals surface area contributed by atoms with Crippen LogP contribution in [0, 0.1) is 0 Å². The Labute approximate surface area is 153 Å². The van der Waals surface area contributed by atoms with E-state index in [0.717, 1.165) is 11.1 Å². The molecule has 0 heterocycles. The van der Waals surface area contributed by atoms with Crippen LogP contribution in [0.1, 0.15) is 15.9 Å². The Morgan fingerprint density at radius 2 is 0.731 bits per heavy atom. The Morgan fingerprint density at radius 3 is 1.23 bits per heavy atom. The van der Waals surface area contributed by atoms with Crippen LogP contribution in [0.5, 0.6) is 0 Å². The summed E-state index contributed by atoms with van der Waals surface area (Å²) >= 11 is 0. The van der Waals surface area contributed by atoms with Crippen LogP contribution >= 0.6 is 0 Å². The molecule has 4 aromatic carbocycles. The van der Waals surface area contributed by atoms with Crippen LogP contribution in [0.25, 0.3) is 22.3 Å². The first-order valence-electron chi connectivity index (χ1n) is 8.67. The zero-order valence-electron chi connectivity index (χ0n) is 14.3. The molecule has 0 spiro atoms. The number of carbonyl (C=O) groups excluding carboxylic acids is 1. The maximum Gasteiger partial charge on any atom is 0.193 e. The van der Waals surface area contributed by atoms with Gasteiger partial charge in [-0.15, -0.1) is 0 Å². The predicted molar refractivity (Wildman–Crippen MR) is 107 cm³/mol. The summed E-state index contributed by atoms with van der Waals surface area (Å²) in [6.45, 7) is 0. The largest absolute Gasteiger partial charge is 0.289 e. The molecule has 26 heavy (non-hydrogen) atoms. The van der Waals surface area contributed by atoms with Crippen LogP contribution in [-0.4, -0.2) is 5.78 Å². The van der Waals surface area contributed by atoms with Crippen molar-refractivity contribution < 1.29 is 4.79 Å². The molecule has 0 N–H and O–H groups in total. The highest BCUT2D eigenvalue weighted by molar-refractivity contribution is 6.09. The lowest BCUT2D eigenvalue weighted by Crippen LogP contribution is -2.00. The normalized spacial score (nSPS) is 10.5. The molecule has 1 nitrogen and oxygen atoms in total. The van der Waals surface area contributed by atoms with E-state index in [0.29, 0.717) is 11.1 Å². The van der Waals surface area contributed by atoms with E-state index < -0.39 is 0 Å². The third-order valence-corrected chi connectivity index (χ3v) is 4.51. The number of hydrogen-bond donors (Lipinski definition) is 0. The maximum absolute atomic E-state index is 12.5. The van der Waals surface area contributed by atoms with E-state index in [-0.39, 0.29) is 5.78 Å². The Morgan fingerprint density at radius 1 is 0.385 bits per heavy atom. The Hall–Kier alpha value is -3.45. The first-order valence-corrected chi connectivity index (χ1v) is 8.67. The molecule has 0 aliphatic carbocycles. The molecule has 0 aromatic heterocycles. The zero-order valence-corrected chi connectivity index (χ0v) is 14.3. The second-order valence-electron chi connectivity index (χ2n) is 6.22. The van der Waals surface area contributed by atoms with Crippen LogP contribution in [0.4, 0.5) is 0 Å². The average Bonchev–Trinajstić information content (AvgIpc) is 2.75. The highest BCUT2D eigenvalue weighted by atomic mass is 16.1. The van der Waals surface area contributed by atoms with Crippen LogP contribution in [0.2, 0.25) is 0 Å². The van der Waals surface area contributed by atoms with Crippen molar-refractivity contribution in [1.82, 2.24) is 0 Å². The van der Waals surface area contributed by atoms with Gasteiger partial charge in [0, 0.05) is 11.1 Å². The van der Waals surface area contributed by atoms with Crippen molar-refractivity contribution in [3.63, 3.8) is 0 Å². The minimum atomic E-state index is 0.0524. The van der Waals surface area contributed by atoms with Gasteiger partial charge in [-0.25, -0.2) is 0 Å². The van der Waals surface area contributed by atoms with Gasteiger partial charge in [0.15, 0.2) is 5.78 Å². The fourth-order valence-electron chi connectivity index (χ4n) is 3.06. The Bertz CT molecular complexity index is 999. The van der Waals surface area contributed by atoms with E-state index >= 15 is 0 Å². The second-order valence-corrected chi connectivity index (χ2v) is 6.22. The van der Waals surface area contributed by atoms with Crippen LogP contribution in [0.3, 0.4) is 0 Å². The molecule has 0 saturated carbocycles. The summed E-state index contributed by atoms with van der Waals surface area (Å²) in [5.41, 5.74) is 6.08. The minimum Gasteiger partial charge on any atom is -0.289 e. The van der Waals surface area contributed by atoms with Gasteiger partial charge in [-0.2, -0.15) is 0 Å². The van der Waals surface area contributed by atoms with Gasteiger partial charge in [-0.1, -0.05) is 109 Å². The van der Waals surface area contributed by atoms with Crippen LogP contribution in [-0.2, 0) is 0 Å². The molecule has 0 aliphatic heterocycles. The topological polar surface area (TPSA) is 17.1 Å². The van der Waals surface area contributed by atoms with Gasteiger partial charge in [0.05, 0.1) is 0 Å². The van der Waals surface area contributed by atoms with E-state index in [1.807, 2.05) is 72.8 Å². The Balaban J connectivity index is 1.56. The molecule has 0 aliphatic rings. The molecular formula is C25H18O. The van der Waals surface area contributed by atoms with Gasteiger partial charge >= 0.3 is 0 Å². The molecule has 0 amide bonds. The van der Waals surface area contributed by atoms with Crippen molar-refractivity contribution in [2.75, 3.05) is 0 Å². The predicted octanol–water partition coefficient (Wildman–Crippen LogP) is 6.25. The average molecular weight is 334 g/mol. The van der Waals surface area contributed by atoms with Crippen molar-refractivity contribution in [2.45, 2.75) is 0 Å². The maximum atomic E-state index is 12.5. The molecule has 0 fully saturated rings. The van der Waals surface area contributed by atoms with Gasteiger partial charge < -0.3 is 0 Å². The zero-order chi connectivity index (χ0) is 17.8. The quantitative estimate of drug-likeness (QED) is 0.403. The second kappa shape index (κ2) is 7.20. The lowest BCUT2D eigenvalue weighted by molar-refractivity contribution is 0.103. The summed E-state index contributed by atoms with van der Waals surface area (Å²) in [5, 5.41) is 0. The lowest BCUT2D eigenvalue weighted by Gasteiger charge is -2.06. The SMILES string of the molecule is O=C(c1ccccc1)c1ccc(-c2ccc(-c3ccccc3)cc2)cc1. The molecule has 1 heteroatoms. The lowest BCUT2D eigenvalue weighted by atomic mass is 9.98. The summed E-state index contributed by atoms with van der Waals surface area (Å²) in [7, 11) is 0. The summed E-state index contributed by atoms with van der Waals surface area (Å²) < 4.78 is 0. The van der Waals surface area contributed by atoms with Crippen molar-refractivity contribution in [1.29, 1.82) is 0 Å². The van der Waals surface area contributed by atoms with Crippen molar-refractivity contribution in [3.05, 3.63) is 120 Å². The molecule has 0 atom stereocenters. The summed E-state index contributed by atoms with van der Waals surface area (Å²) in [6, 6.07) is 36.0.